The molecule has 1 aromatic heterocycles. The Kier molecular flexibility index (Phi) is 7.76. The maximum Gasteiger partial charge on any atom is 0.289 e. The second kappa shape index (κ2) is 10.7. The van der Waals surface area contributed by atoms with Crippen molar-refractivity contribution in [1.29, 1.82) is 0 Å². The number of hydrogen-bond acceptors (Lipinski definition) is 5. The second-order valence-corrected chi connectivity index (χ2v) is 7.42. The molecule has 2 aromatic rings. The highest BCUT2D eigenvalue weighted by atomic mass is 16.5. The summed E-state index contributed by atoms with van der Waals surface area (Å²) in [5.41, 5.74) is 0.657. The second-order valence-electron chi connectivity index (χ2n) is 7.42. The lowest BCUT2D eigenvalue weighted by Gasteiger charge is -2.31. The van der Waals surface area contributed by atoms with Crippen molar-refractivity contribution in [3.05, 3.63) is 42.4 Å². The van der Waals surface area contributed by atoms with E-state index in [9.17, 15) is 9.59 Å². The van der Waals surface area contributed by atoms with Crippen LogP contribution in [0.5, 0.6) is 11.5 Å². The summed E-state index contributed by atoms with van der Waals surface area (Å²) in [5.74, 6) is 1.06. The standard InChI is InChI=1S/C23H30N2O5/c1-3-12-28-19-10-9-18(15-21(19)29-13-4-2)24-22(26)17-7-5-11-25(16-17)23(27)20-8-6-14-30-20/h6,8-10,14-15,17H,3-5,7,11-13,16H2,1-2H3,(H,24,26). The predicted octanol–water partition coefficient (Wildman–Crippen LogP) is 4.35. The molecule has 0 aliphatic carbocycles. The first kappa shape index (κ1) is 21.7. The molecule has 2 amide bonds. The number of rotatable bonds is 9. The van der Waals surface area contributed by atoms with E-state index in [0.717, 1.165) is 25.7 Å². The van der Waals surface area contributed by atoms with Crippen LogP contribution in [0.15, 0.2) is 41.0 Å². The van der Waals surface area contributed by atoms with E-state index in [1.165, 1.54) is 6.26 Å². The number of nitrogens with zero attached hydrogens (tertiary/aromatic N) is 1. The molecule has 30 heavy (non-hydrogen) atoms. The Balaban J connectivity index is 1.64. The topological polar surface area (TPSA) is 81.0 Å². The van der Waals surface area contributed by atoms with E-state index < -0.39 is 0 Å². The Morgan fingerprint density at radius 3 is 2.60 bits per heavy atom. The van der Waals surface area contributed by atoms with Crippen molar-refractivity contribution >= 4 is 17.5 Å². The lowest BCUT2D eigenvalue weighted by atomic mass is 9.96. The van der Waals surface area contributed by atoms with Crippen molar-refractivity contribution in [1.82, 2.24) is 4.90 Å². The van der Waals surface area contributed by atoms with Gasteiger partial charge in [0, 0.05) is 24.8 Å². The van der Waals surface area contributed by atoms with Gasteiger partial charge in [0.25, 0.3) is 5.91 Å². The zero-order valence-electron chi connectivity index (χ0n) is 17.7. The van der Waals surface area contributed by atoms with Gasteiger partial charge in [-0.05, 0) is 49.9 Å². The Morgan fingerprint density at radius 2 is 1.90 bits per heavy atom. The number of amides is 2. The molecule has 3 rings (SSSR count). The minimum atomic E-state index is -0.270. The molecule has 0 saturated carbocycles. The molecule has 1 aliphatic rings. The van der Waals surface area contributed by atoms with Crippen LogP contribution in [0.25, 0.3) is 0 Å². The summed E-state index contributed by atoms with van der Waals surface area (Å²) in [6, 6.07) is 8.77. The monoisotopic (exact) mass is 414 g/mol. The fourth-order valence-electron chi connectivity index (χ4n) is 3.42. The van der Waals surface area contributed by atoms with E-state index in [1.54, 1.807) is 23.1 Å². The highest BCUT2D eigenvalue weighted by molar-refractivity contribution is 5.95. The van der Waals surface area contributed by atoms with Crippen LogP contribution >= 0.6 is 0 Å². The molecule has 0 radical (unpaired) electrons. The van der Waals surface area contributed by atoms with Gasteiger partial charge in [0.05, 0.1) is 25.4 Å². The van der Waals surface area contributed by atoms with Gasteiger partial charge in [-0.15, -0.1) is 0 Å². The van der Waals surface area contributed by atoms with Gasteiger partial charge in [0.15, 0.2) is 17.3 Å². The third-order valence-electron chi connectivity index (χ3n) is 4.95. The first-order chi connectivity index (χ1) is 14.6. The first-order valence-corrected chi connectivity index (χ1v) is 10.7. The molecule has 1 N–H and O–H groups in total. The fraction of sp³-hybridized carbons (Fsp3) is 0.478. The molecule has 1 fully saturated rings. The minimum Gasteiger partial charge on any atom is -0.490 e. The van der Waals surface area contributed by atoms with Crippen molar-refractivity contribution in [2.24, 2.45) is 5.92 Å². The van der Waals surface area contributed by atoms with E-state index in [0.29, 0.717) is 49.2 Å². The number of likely N-dealkylation sites (tertiary alicyclic amines) is 1. The van der Waals surface area contributed by atoms with Gasteiger partial charge in [0.2, 0.25) is 5.91 Å². The molecule has 1 unspecified atom stereocenters. The number of hydrogen-bond donors (Lipinski definition) is 1. The van der Waals surface area contributed by atoms with Crippen molar-refractivity contribution < 1.29 is 23.5 Å². The summed E-state index contributed by atoms with van der Waals surface area (Å²) in [7, 11) is 0. The van der Waals surface area contributed by atoms with Crippen LogP contribution < -0.4 is 14.8 Å². The number of benzene rings is 1. The Bertz CT molecular complexity index is 834. The number of carbonyl (C=O) groups is 2. The van der Waals surface area contributed by atoms with E-state index >= 15 is 0 Å². The molecule has 7 heteroatoms. The van der Waals surface area contributed by atoms with Crippen LogP contribution in [0.2, 0.25) is 0 Å². The third kappa shape index (κ3) is 5.55. The minimum absolute atomic E-state index is 0.101. The van der Waals surface area contributed by atoms with Crippen LogP contribution in [-0.2, 0) is 4.79 Å². The highest BCUT2D eigenvalue weighted by Gasteiger charge is 2.30. The van der Waals surface area contributed by atoms with Crippen molar-refractivity contribution in [3.8, 4) is 11.5 Å². The quantitative estimate of drug-likeness (QED) is 0.660. The summed E-state index contributed by atoms with van der Waals surface area (Å²) in [5, 5.41) is 2.97. The van der Waals surface area contributed by atoms with Crippen LogP contribution in [0.4, 0.5) is 5.69 Å². The van der Waals surface area contributed by atoms with Gasteiger partial charge in [-0.1, -0.05) is 13.8 Å². The number of piperidine rings is 1. The fourth-order valence-corrected chi connectivity index (χ4v) is 3.42. The summed E-state index contributed by atoms with van der Waals surface area (Å²) in [4.78, 5) is 27.1. The Morgan fingerprint density at radius 1 is 1.13 bits per heavy atom. The molecule has 0 bridgehead atoms. The van der Waals surface area contributed by atoms with E-state index in [1.807, 2.05) is 26.0 Å². The molecule has 2 heterocycles. The number of anilines is 1. The SMILES string of the molecule is CCCOc1ccc(NC(=O)C2CCCN(C(=O)c3ccco3)C2)cc1OCCC. The van der Waals surface area contributed by atoms with Gasteiger partial charge in [-0.2, -0.15) is 0 Å². The average molecular weight is 415 g/mol. The van der Waals surface area contributed by atoms with E-state index in [4.69, 9.17) is 13.9 Å². The van der Waals surface area contributed by atoms with Gasteiger partial charge < -0.3 is 24.1 Å². The molecule has 1 aromatic carbocycles. The zero-order chi connectivity index (χ0) is 21.3. The average Bonchev–Trinajstić information content (AvgIpc) is 3.31. The van der Waals surface area contributed by atoms with Crippen molar-refractivity contribution in [2.45, 2.75) is 39.5 Å². The molecule has 1 atom stereocenters. The lowest BCUT2D eigenvalue weighted by Crippen LogP contribution is -2.43. The first-order valence-electron chi connectivity index (χ1n) is 10.7. The largest absolute Gasteiger partial charge is 0.490 e. The number of ether oxygens (including phenoxy) is 2. The van der Waals surface area contributed by atoms with Crippen LogP contribution in [0.1, 0.15) is 50.1 Å². The summed E-state index contributed by atoms with van der Waals surface area (Å²) >= 11 is 0. The molecular weight excluding hydrogens is 384 g/mol. The van der Waals surface area contributed by atoms with Crippen LogP contribution in [0, 0.1) is 5.92 Å². The maximum atomic E-state index is 12.9. The molecule has 162 valence electrons. The molecular formula is C23H30N2O5. The number of nitrogens with one attached hydrogen (secondary N) is 1. The smallest absolute Gasteiger partial charge is 0.289 e. The zero-order valence-corrected chi connectivity index (χ0v) is 17.7. The van der Waals surface area contributed by atoms with E-state index in [2.05, 4.69) is 5.32 Å². The van der Waals surface area contributed by atoms with Crippen LogP contribution in [0.3, 0.4) is 0 Å². The van der Waals surface area contributed by atoms with Crippen LogP contribution in [-0.4, -0.2) is 43.0 Å². The highest BCUT2D eigenvalue weighted by Crippen LogP contribution is 2.31. The van der Waals surface area contributed by atoms with E-state index in [-0.39, 0.29) is 17.7 Å². The third-order valence-corrected chi connectivity index (χ3v) is 4.95. The molecule has 0 spiro atoms. The van der Waals surface area contributed by atoms with Gasteiger partial charge in [-0.25, -0.2) is 0 Å². The summed E-state index contributed by atoms with van der Waals surface area (Å²) in [6.07, 6.45) is 4.78. The Hall–Kier alpha value is -2.96. The molecule has 1 aliphatic heterocycles. The van der Waals surface area contributed by atoms with Gasteiger partial charge in [0.1, 0.15) is 0 Å². The maximum absolute atomic E-state index is 12.9. The predicted molar refractivity (Wildman–Crippen MR) is 114 cm³/mol. The van der Waals surface area contributed by atoms with Crippen molar-refractivity contribution in [2.75, 3.05) is 31.6 Å². The number of furan rings is 1. The lowest BCUT2D eigenvalue weighted by molar-refractivity contribution is -0.121. The summed E-state index contributed by atoms with van der Waals surface area (Å²) in [6.45, 7) is 6.27. The molecule has 1 saturated heterocycles. The van der Waals surface area contributed by atoms with Gasteiger partial charge >= 0.3 is 0 Å². The van der Waals surface area contributed by atoms with Gasteiger partial charge in [-0.3, -0.25) is 9.59 Å². The van der Waals surface area contributed by atoms with Crippen molar-refractivity contribution in [3.63, 3.8) is 0 Å². The molecule has 7 nitrogen and oxygen atoms in total. The Labute approximate surface area is 177 Å². The normalized spacial score (nSPS) is 16.2. The number of carbonyl (C=O) groups excluding carboxylic acids is 2. The summed E-state index contributed by atoms with van der Waals surface area (Å²) < 4.78 is 16.8.